The molecule has 0 atom stereocenters. The zero-order valence-electron chi connectivity index (χ0n) is 18.3. The van der Waals surface area contributed by atoms with E-state index < -0.39 is 17.5 Å². The van der Waals surface area contributed by atoms with Gasteiger partial charge in [0.1, 0.15) is 18.1 Å². The molecule has 0 bridgehead atoms. The maximum absolute atomic E-state index is 12.9. The molecule has 11 heteroatoms. The molecule has 3 rings (SSSR count). The van der Waals surface area contributed by atoms with Gasteiger partial charge >= 0.3 is 6.09 Å². The number of halogens is 1. The fourth-order valence-electron chi connectivity index (χ4n) is 2.89. The molecule has 33 heavy (non-hydrogen) atoms. The average molecular weight is 454 g/mol. The minimum absolute atomic E-state index is 0.112. The number of benzene rings is 1. The van der Waals surface area contributed by atoms with E-state index in [9.17, 15) is 18.8 Å². The third-order valence-electron chi connectivity index (χ3n) is 4.67. The van der Waals surface area contributed by atoms with Crippen LogP contribution in [0.25, 0.3) is 0 Å². The van der Waals surface area contributed by atoms with E-state index in [1.54, 1.807) is 6.92 Å². The van der Waals surface area contributed by atoms with Gasteiger partial charge in [-0.15, -0.1) is 0 Å². The average Bonchev–Trinajstić information content (AvgIpc) is 2.77. The van der Waals surface area contributed by atoms with Crippen LogP contribution >= 0.6 is 0 Å². The molecule has 2 heterocycles. The Morgan fingerprint density at radius 2 is 1.82 bits per heavy atom. The van der Waals surface area contributed by atoms with Crippen molar-refractivity contribution in [3.63, 3.8) is 0 Å². The lowest BCUT2D eigenvalue weighted by atomic mass is 10.2. The summed E-state index contributed by atoms with van der Waals surface area (Å²) in [5.74, 6) is -0.940. The van der Waals surface area contributed by atoms with Crippen molar-refractivity contribution in [1.82, 2.24) is 25.3 Å². The van der Waals surface area contributed by atoms with Crippen LogP contribution in [0.4, 0.5) is 15.0 Å². The quantitative estimate of drug-likeness (QED) is 0.467. The Morgan fingerprint density at radius 1 is 1.09 bits per heavy atom. The molecule has 0 radical (unpaired) electrons. The summed E-state index contributed by atoms with van der Waals surface area (Å²) in [4.78, 5) is 45.3. The van der Waals surface area contributed by atoms with Crippen molar-refractivity contribution < 1.29 is 18.7 Å². The van der Waals surface area contributed by atoms with Gasteiger partial charge in [0.15, 0.2) is 0 Å². The SMILES string of the molecule is Cc1ccc(CNC(=O)Cn2c(C)cnc(NNC(=O)Oc3ccc(F)cc3)c2=O)c(C)n1. The first kappa shape index (κ1) is 23.4. The normalized spacial score (nSPS) is 10.4. The fraction of sp³-hybridized carbons (Fsp3) is 0.227. The monoisotopic (exact) mass is 454 g/mol. The van der Waals surface area contributed by atoms with Gasteiger partial charge in [-0.1, -0.05) is 6.07 Å². The van der Waals surface area contributed by atoms with Crippen molar-refractivity contribution in [3.8, 4) is 5.75 Å². The molecule has 0 saturated heterocycles. The molecule has 0 aliphatic carbocycles. The highest BCUT2D eigenvalue weighted by Gasteiger charge is 2.13. The second kappa shape index (κ2) is 10.4. The lowest BCUT2D eigenvalue weighted by molar-refractivity contribution is -0.121. The summed E-state index contributed by atoms with van der Waals surface area (Å²) in [7, 11) is 0. The van der Waals surface area contributed by atoms with Gasteiger partial charge in [-0.2, -0.15) is 0 Å². The Kier molecular flexibility index (Phi) is 7.34. The van der Waals surface area contributed by atoms with Crippen molar-refractivity contribution >= 4 is 17.8 Å². The first-order chi connectivity index (χ1) is 15.7. The molecule has 0 unspecified atom stereocenters. The van der Waals surface area contributed by atoms with Gasteiger partial charge in [0.2, 0.25) is 11.7 Å². The van der Waals surface area contributed by atoms with Crippen molar-refractivity contribution in [2.24, 2.45) is 0 Å². The number of hydrazine groups is 1. The van der Waals surface area contributed by atoms with Gasteiger partial charge in [-0.05, 0) is 56.7 Å². The van der Waals surface area contributed by atoms with Gasteiger partial charge in [0.05, 0.1) is 0 Å². The zero-order chi connectivity index (χ0) is 24.0. The first-order valence-corrected chi connectivity index (χ1v) is 9.98. The van der Waals surface area contributed by atoms with Crippen molar-refractivity contribution in [2.75, 3.05) is 5.43 Å². The summed E-state index contributed by atoms with van der Waals surface area (Å²) in [6, 6.07) is 8.58. The van der Waals surface area contributed by atoms with Crippen molar-refractivity contribution in [3.05, 3.63) is 81.4 Å². The maximum Gasteiger partial charge on any atom is 0.431 e. The predicted molar refractivity (Wildman–Crippen MR) is 118 cm³/mol. The lowest BCUT2D eigenvalue weighted by Crippen LogP contribution is -2.38. The number of ether oxygens (including phenoxy) is 1. The number of carbonyl (C=O) groups excluding carboxylic acids is 2. The molecule has 0 saturated carbocycles. The number of carbonyl (C=O) groups is 2. The number of nitrogens with zero attached hydrogens (tertiary/aromatic N) is 3. The molecule has 0 spiro atoms. The van der Waals surface area contributed by atoms with Crippen LogP contribution in [0, 0.1) is 26.6 Å². The maximum atomic E-state index is 12.9. The summed E-state index contributed by atoms with van der Waals surface area (Å²) in [6.07, 6.45) is 0.452. The van der Waals surface area contributed by atoms with Crippen LogP contribution in [0.5, 0.6) is 5.75 Å². The zero-order valence-corrected chi connectivity index (χ0v) is 18.3. The van der Waals surface area contributed by atoms with Crippen LogP contribution < -0.4 is 26.5 Å². The summed E-state index contributed by atoms with van der Waals surface area (Å²) >= 11 is 0. The van der Waals surface area contributed by atoms with Crippen LogP contribution in [0.1, 0.15) is 22.6 Å². The molecule has 3 N–H and O–H groups in total. The van der Waals surface area contributed by atoms with Crippen LogP contribution in [0.15, 0.2) is 47.4 Å². The highest BCUT2D eigenvalue weighted by molar-refractivity contribution is 5.76. The van der Waals surface area contributed by atoms with E-state index in [0.717, 1.165) is 29.1 Å². The predicted octanol–water partition coefficient (Wildman–Crippen LogP) is 2.13. The third-order valence-corrected chi connectivity index (χ3v) is 4.67. The molecule has 0 aliphatic heterocycles. The molecule has 1 aromatic carbocycles. The molecule has 2 aromatic heterocycles. The minimum atomic E-state index is -0.935. The van der Waals surface area contributed by atoms with Crippen molar-refractivity contribution in [1.29, 1.82) is 0 Å². The second-order valence-electron chi connectivity index (χ2n) is 7.21. The fourth-order valence-corrected chi connectivity index (χ4v) is 2.89. The van der Waals surface area contributed by atoms with Crippen LogP contribution in [0.2, 0.25) is 0 Å². The highest BCUT2D eigenvalue weighted by atomic mass is 19.1. The third kappa shape index (κ3) is 6.35. The molecule has 10 nitrogen and oxygen atoms in total. The van der Waals surface area contributed by atoms with E-state index in [2.05, 4.69) is 26.1 Å². The molecular formula is C22H23FN6O4. The number of hydrogen-bond acceptors (Lipinski definition) is 7. The van der Waals surface area contributed by atoms with Gasteiger partial charge < -0.3 is 10.1 Å². The number of hydrogen-bond donors (Lipinski definition) is 3. The van der Waals surface area contributed by atoms with Crippen molar-refractivity contribution in [2.45, 2.75) is 33.9 Å². The highest BCUT2D eigenvalue weighted by Crippen LogP contribution is 2.11. The molecule has 3 aromatic rings. The Balaban J connectivity index is 1.60. The van der Waals surface area contributed by atoms with E-state index >= 15 is 0 Å². The number of nitrogens with one attached hydrogen (secondary N) is 3. The number of rotatable bonds is 7. The van der Waals surface area contributed by atoms with Gasteiger partial charge in [0, 0.05) is 29.8 Å². The first-order valence-electron chi connectivity index (χ1n) is 9.98. The smallest absolute Gasteiger partial charge is 0.409 e. The largest absolute Gasteiger partial charge is 0.431 e. The Labute approximate surface area is 188 Å². The molecule has 172 valence electrons. The molecule has 0 aliphatic rings. The Morgan fingerprint density at radius 3 is 2.52 bits per heavy atom. The van der Waals surface area contributed by atoms with Gasteiger partial charge in [-0.25, -0.2) is 19.6 Å². The van der Waals surface area contributed by atoms with Crippen LogP contribution in [0.3, 0.4) is 0 Å². The van der Waals surface area contributed by atoms with E-state index in [1.807, 2.05) is 26.0 Å². The molecule has 2 amide bonds. The summed E-state index contributed by atoms with van der Waals surface area (Å²) in [5.41, 5.74) is 6.97. The topological polar surface area (TPSA) is 127 Å². The van der Waals surface area contributed by atoms with Crippen LogP contribution in [-0.2, 0) is 17.9 Å². The van der Waals surface area contributed by atoms with Gasteiger partial charge in [-0.3, -0.25) is 24.6 Å². The summed E-state index contributed by atoms with van der Waals surface area (Å²) in [6.45, 7) is 5.42. The number of pyridine rings is 1. The Bertz CT molecular complexity index is 1230. The number of aromatic nitrogens is 3. The Hall–Kier alpha value is -4.28. The van der Waals surface area contributed by atoms with E-state index in [4.69, 9.17) is 4.74 Å². The number of aryl methyl sites for hydroxylation is 3. The standard InChI is InChI=1S/C22H23FN6O4/c1-13-4-5-16(15(3)26-13)11-24-19(30)12-29-14(2)10-25-20(21(29)31)27-28-22(32)33-18-8-6-17(23)7-9-18/h4-10H,11-12H2,1-3H3,(H,24,30)(H,25,27)(H,28,32). The number of anilines is 1. The number of amides is 2. The van der Waals surface area contributed by atoms with E-state index in [0.29, 0.717) is 5.69 Å². The van der Waals surface area contributed by atoms with Crippen LogP contribution in [-0.4, -0.2) is 26.5 Å². The van der Waals surface area contributed by atoms with E-state index in [1.165, 1.54) is 22.9 Å². The summed E-state index contributed by atoms with van der Waals surface area (Å²) < 4.78 is 19.1. The second-order valence-corrected chi connectivity index (χ2v) is 7.21. The summed E-state index contributed by atoms with van der Waals surface area (Å²) in [5, 5.41) is 2.77. The van der Waals surface area contributed by atoms with E-state index in [-0.39, 0.29) is 30.6 Å². The lowest BCUT2D eigenvalue weighted by Gasteiger charge is -2.13. The molecular weight excluding hydrogens is 431 g/mol. The van der Waals surface area contributed by atoms with Gasteiger partial charge in [0.25, 0.3) is 5.56 Å². The molecule has 0 fully saturated rings. The minimum Gasteiger partial charge on any atom is -0.409 e.